The molecule has 0 atom stereocenters. The van der Waals surface area contributed by atoms with Gasteiger partial charge in [0.25, 0.3) is 0 Å². The van der Waals surface area contributed by atoms with Gasteiger partial charge in [0.15, 0.2) is 0 Å². The Labute approximate surface area is 213 Å². The monoisotopic (exact) mass is 509 g/mol. The Morgan fingerprint density at radius 1 is 1.11 bits per heavy atom. The molecule has 2 aliphatic rings. The number of nitrogens with one attached hydrogen (secondary N) is 1. The van der Waals surface area contributed by atoms with E-state index in [0.717, 1.165) is 40.8 Å². The number of aromatic nitrogens is 4. The lowest BCUT2D eigenvalue weighted by Gasteiger charge is -2.34. The van der Waals surface area contributed by atoms with Crippen molar-refractivity contribution < 1.29 is 18.7 Å². The summed E-state index contributed by atoms with van der Waals surface area (Å²) in [4.78, 5) is 30.7. The van der Waals surface area contributed by atoms with Crippen LogP contribution in [0.1, 0.15) is 37.4 Å². The zero-order valence-electron chi connectivity index (χ0n) is 19.6. The van der Waals surface area contributed by atoms with Crippen LogP contribution in [0.4, 0.5) is 14.9 Å². The fourth-order valence-corrected chi connectivity index (χ4v) is 5.13. The Morgan fingerprint density at radius 2 is 1.86 bits per heavy atom. The van der Waals surface area contributed by atoms with E-state index in [1.165, 1.54) is 18.1 Å². The van der Waals surface area contributed by atoms with Gasteiger partial charge in [0, 0.05) is 23.9 Å². The maximum atomic E-state index is 14.3. The van der Waals surface area contributed by atoms with Crippen LogP contribution in [0.25, 0.3) is 22.2 Å². The third kappa shape index (κ3) is 4.24. The minimum absolute atomic E-state index is 0. The second kappa shape index (κ2) is 9.39. The summed E-state index contributed by atoms with van der Waals surface area (Å²) in [6.45, 7) is 0.368. The maximum absolute atomic E-state index is 14.3. The molecule has 4 aromatic rings. The summed E-state index contributed by atoms with van der Waals surface area (Å²) in [5.41, 5.74) is 3.41. The molecule has 1 spiro atoms. The van der Waals surface area contributed by atoms with Crippen molar-refractivity contribution in [2.24, 2.45) is 0 Å². The van der Waals surface area contributed by atoms with Crippen LogP contribution in [-0.2, 0) is 4.74 Å². The van der Waals surface area contributed by atoms with E-state index in [4.69, 9.17) is 14.5 Å². The van der Waals surface area contributed by atoms with E-state index in [2.05, 4.69) is 15.0 Å². The molecule has 2 aromatic carbocycles. The second-order valence-corrected chi connectivity index (χ2v) is 9.18. The van der Waals surface area contributed by atoms with Crippen LogP contribution >= 0.6 is 12.4 Å². The molecule has 186 valence electrons. The lowest BCUT2D eigenvalue weighted by molar-refractivity contribution is 0.0208. The number of benzene rings is 2. The number of halogens is 2. The van der Waals surface area contributed by atoms with Gasteiger partial charge in [0.05, 0.1) is 30.4 Å². The number of hydrogen-bond donors (Lipinski definition) is 1. The number of aromatic amines is 1. The minimum atomic E-state index is -0.580. The summed E-state index contributed by atoms with van der Waals surface area (Å²) in [5, 5.41) is 0. The molecule has 1 aliphatic carbocycles. The van der Waals surface area contributed by atoms with Crippen LogP contribution in [0.5, 0.6) is 6.01 Å². The van der Waals surface area contributed by atoms with E-state index in [-0.39, 0.29) is 24.0 Å². The molecule has 0 unspecified atom stereocenters. The van der Waals surface area contributed by atoms with Gasteiger partial charge in [-0.15, -0.1) is 12.4 Å². The molecule has 1 saturated heterocycles. The Kier molecular flexibility index (Phi) is 6.26. The summed E-state index contributed by atoms with van der Waals surface area (Å²) in [6, 6.07) is 12.7. The third-order valence-electron chi connectivity index (χ3n) is 7.04. The molecule has 1 amide bonds. The van der Waals surface area contributed by atoms with Crippen LogP contribution in [-0.4, -0.2) is 45.3 Å². The largest absolute Gasteiger partial charge is 0.467 e. The Hall–Kier alpha value is -3.72. The van der Waals surface area contributed by atoms with Gasteiger partial charge in [0.2, 0.25) is 0 Å². The average molecular weight is 510 g/mol. The van der Waals surface area contributed by atoms with Crippen molar-refractivity contribution in [2.45, 2.75) is 37.2 Å². The summed E-state index contributed by atoms with van der Waals surface area (Å²) < 4.78 is 25.1. The van der Waals surface area contributed by atoms with E-state index in [1.54, 1.807) is 30.6 Å². The van der Waals surface area contributed by atoms with E-state index in [0.29, 0.717) is 25.4 Å². The van der Waals surface area contributed by atoms with Crippen molar-refractivity contribution in [1.82, 2.24) is 19.9 Å². The number of carbonyl (C=O) groups excluding carboxylic acids is 1. The molecule has 1 saturated carbocycles. The van der Waals surface area contributed by atoms with Crippen molar-refractivity contribution in [2.75, 3.05) is 18.6 Å². The predicted molar refractivity (Wildman–Crippen MR) is 135 cm³/mol. The van der Waals surface area contributed by atoms with Crippen LogP contribution in [0.3, 0.4) is 0 Å². The van der Waals surface area contributed by atoms with Crippen LogP contribution in [0.15, 0.2) is 54.9 Å². The molecule has 2 fully saturated rings. The van der Waals surface area contributed by atoms with Gasteiger partial charge in [-0.25, -0.2) is 24.1 Å². The molecule has 6 rings (SSSR count). The van der Waals surface area contributed by atoms with Crippen molar-refractivity contribution in [1.29, 1.82) is 0 Å². The third-order valence-corrected chi connectivity index (χ3v) is 7.04. The van der Waals surface area contributed by atoms with Crippen molar-refractivity contribution in [3.05, 3.63) is 66.5 Å². The Morgan fingerprint density at radius 3 is 2.58 bits per heavy atom. The highest BCUT2D eigenvalue weighted by molar-refractivity contribution is 5.90. The number of para-hydroxylation sites is 1. The molecule has 0 radical (unpaired) electrons. The highest BCUT2D eigenvalue weighted by atomic mass is 35.5. The lowest BCUT2D eigenvalue weighted by atomic mass is 9.78. The molecule has 2 aromatic heterocycles. The number of amides is 1. The fraction of sp³-hybridized carbons (Fsp3) is 0.308. The Balaban J connectivity index is 0.00000267. The van der Waals surface area contributed by atoms with Gasteiger partial charge < -0.3 is 14.5 Å². The van der Waals surface area contributed by atoms with Crippen molar-refractivity contribution in [3.63, 3.8) is 0 Å². The smallest absolute Gasteiger partial charge is 0.415 e. The SMILES string of the molecule is COc1ncc(-c2ccc3[nH]c(C4CCC5(CC4)CN(c4ccccc4F)C(=O)O5)nc3c2)cn1.Cl. The highest BCUT2D eigenvalue weighted by Crippen LogP contribution is 2.44. The number of imidazole rings is 1. The standard InChI is InChI=1S/C26H24FN5O3.ClH/c1-34-24-28-13-18(14-29-24)17-6-7-20-21(12-17)31-23(30-20)16-8-10-26(11-9-16)15-32(25(33)35-26)22-5-3-2-4-19(22)27;/h2-7,12-14,16H,8-11,15H2,1H3,(H,30,31);1H. The first-order valence-corrected chi connectivity index (χ1v) is 11.6. The van der Waals surface area contributed by atoms with Crippen LogP contribution < -0.4 is 9.64 Å². The molecule has 3 heterocycles. The normalized spacial score (nSPS) is 21.4. The number of carbonyl (C=O) groups is 1. The zero-order valence-corrected chi connectivity index (χ0v) is 20.4. The minimum Gasteiger partial charge on any atom is -0.467 e. The van der Waals surface area contributed by atoms with E-state index in [9.17, 15) is 9.18 Å². The topological polar surface area (TPSA) is 93.2 Å². The molecule has 36 heavy (non-hydrogen) atoms. The van der Waals surface area contributed by atoms with Gasteiger partial charge in [-0.05, 0) is 55.5 Å². The molecule has 1 aliphatic heterocycles. The summed E-state index contributed by atoms with van der Waals surface area (Å²) >= 11 is 0. The average Bonchev–Trinajstić information content (AvgIpc) is 3.45. The van der Waals surface area contributed by atoms with Crippen molar-refractivity contribution in [3.8, 4) is 17.1 Å². The summed E-state index contributed by atoms with van der Waals surface area (Å²) in [7, 11) is 1.54. The van der Waals surface area contributed by atoms with Gasteiger partial charge in [-0.2, -0.15) is 0 Å². The van der Waals surface area contributed by atoms with Gasteiger partial charge in [-0.3, -0.25) is 4.90 Å². The summed E-state index contributed by atoms with van der Waals surface area (Å²) in [6.07, 6.45) is 6.06. The fourth-order valence-electron chi connectivity index (χ4n) is 5.13. The lowest BCUT2D eigenvalue weighted by Crippen LogP contribution is -2.38. The predicted octanol–water partition coefficient (Wildman–Crippen LogP) is 5.64. The first kappa shape index (κ1) is 24.0. The molecule has 1 N–H and O–H groups in total. The summed E-state index contributed by atoms with van der Waals surface area (Å²) in [5.74, 6) is 0.758. The molecule has 8 nitrogen and oxygen atoms in total. The van der Waals surface area contributed by atoms with E-state index < -0.39 is 17.5 Å². The first-order valence-electron chi connectivity index (χ1n) is 11.6. The molecular formula is C26H25ClFN5O3. The number of methoxy groups -OCH3 is 1. The van der Waals surface area contributed by atoms with Crippen LogP contribution in [0.2, 0.25) is 0 Å². The number of anilines is 1. The second-order valence-electron chi connectivity index (χ2n) is 9.18. The molecular weight excluding hydrogens is 485 g/mol. The van der Waals surface area contributed by atoms with E-state index >= 15 is 0 Å². The van der Waals surface area contributed by atoms with Crippen LogP contribution in [0, 0.1) is 5.82 Å². The highest BCUT2D eigenvalue weighted by Gasteiger charge is 2.48. The Bertz CT molecular complexity index is 1400. The maximum Gasteiger partial charge on any atom is 0.415 e. The number of fused-ring (bicyclic) bond motifs is 1. The van der Waals surface area contributed by atoms with Gasteiger partial charge in [-0.1, -0.05) is 18.2 Å². The zero-order chi connectivity index (χ0) is 24.0. The molecule has 0 bridgehead atoms. The van der Waals surface area contributed by atoms with E-state index in [1.807, 2.05) is 18.2 Å². The number of rotatable bonds is 4. The number of H-pyrrole nitrogens is 1. The number of ether oxygens (including phenoxy) is 2. The molecule has 10 heteroatoms. The van der Waals surface area contributed by atoms with Gasteiger partial charge in [0.1, 0.15) is 17.2 Å². The van der Waals surface area contributed by atoms with Gasteiger partial charge >= 0.3 is 12.1 Å². The number of nitrogens with zero attached hydrogens (tertiary/aromatic N) is 4. The number of hydrogen-bond acceptors (Lipinski definition) is 6. The quantitative estimate of drug-likeness (QED) is 0.382. The first-order chi connectivity index (χ1) is 17.0. The van der Waals surface area contributed by atoms with Crippen molar-refractivity contribution >= 4 is 35.2 Å².